The lowest BCUT2D eigenvalue weighted by Gasteiger charge is -2.15. The molecular formula is C44H64N2O4. The lowest BCUT2D eigenvalue weighted by Crippen LogP contribution is -2.03. The summed E-state index contributed by atoms with van der Waals surface area (Å²) in [4.78, 5) is 9.49. The molecule has 50 heavy (non-hydrogen) atoms. The summed E-state index contributed by atoms with van der Waals surface area (Å²) in [6, 6.07) is 18.0. The highest BCUT2D eigenvalue weighted by Crippen LogP contribution is 2.40. The molecule has 0 aliphatic rings. The molecule has 0 bridgehead atoms. The Kier molecular flexibility index (Phi) is 21.2. The molecule has 0 spiro atoms. The van der Waals surface area contributed by atoms with E-state index in [2.05, 4.69) is 13.8 Å². The predicted octanol–water partition coefficient (Wildman–Crippen LogP) is 13.2. The van der Waals surface area contributed by atoms with Crippen LogP contribution in [0.4, 0.5) is 11.4 Å². The molecule has 0 aliphatic heterocycles. The highest BCUT2D eigenvalue weighted by atomic mass is 16.5. The van der Waals surface area contributed by atoms with Crippen LogP contribution in [0.15, 0.2) is 70.6 Å². The minimum atomic E-state index is 0.157. The van der Waals surface area contributed by atoms with E-state index < -0.39 is 0 Å². The van der Waals surface area contributed by atoms with E-state index in [4.69, 9.17) is 19.5 Å². The number of phenolic OH excluding ortho intramolecular Hbond substituents is 2. The van der Waals surface area contributed by atoms with Gasteiger partial charge in [0, 0.05) is 35.7 Å². The van der Waals surface area contributed by atoms with Crippen LogP contribution in [0.5, 0.6) is 23.0 Å². The van der Waals surface area contributed by atoms with Crippen LogP contribution in [0.3, 0.4) is 0 Å². The van der Waals surface area contributed by atoms with E-state index in [1.807, 2.05) is 36.4 Å². The van der Waals surface area contributed by atoms with Crippen LogP contribution in [0.1, 0.15) is 153 Å². The second-order valence-corrected chi connectivity index (χ2v) is 13.5. The fourth-order valence-corrected chi connectivity index (χ4v) is 5.99. The van der Waals surface area contributed by atoms with Crippen LogP contribution in [0.25, 0.3) is 0 Å². The number of hydrogen-bond donors (Lipinski definition) is 2. The van der Waals surface area contributed by atoms with Crippen molar-refractivity contribution in [2.75, 3.05) is 13.2 Å². The zero-order valence-electron chi connectivity index (χ0n) is 31.1. The number of aromatic hydroxyl groups is 2. The second kappa shape index (κ2) is 26.1. The quantitative estimate of drug-likeness (QED) is 0.0589. The molecule has 274 valence electrons. The molecule has 2 N–H and O–H groups in total. The Balaban J connectivity index is 1.69. The molecule has 3 rings (SSSR count). The number of hydrogen-bond acceptors (Lipinski definition) is 6. The van der Waals surface area contributed by atoms with E-state index in [1.165, 1.54) is 103 Å². The summed E-state index contributed by atoms with van der Waals surface area (Å²) in [5.74, 6) is 1.62. The summed E-state index contributed by atoms with van der Waals surface area (Å²) in [5, 5.41) is 20.7. The van der Waals surface area contributed by atoms with E-state index in [-0.39, 0.29) is 11.5 Å². The minimum Gasteiger partial charge on any atom is -0.507 e. The number of unbranched alkanes of at least 4 members (excludes halogenated alkanes) is 18. The first-order valence-corrected chi connectivity index (χ1v) is 19.7. The van der Waals surface area contributed by atoms with Crippen LogP contribution < -0.4 is 9.47 Å². The van der Waals surface area contributed by atoms with Crippen LogP contribution in [-0.2, 0) is 0 Å². The zero-order valence-corrected chi connectivity index (χ0v) is 31.1. The normalized spacial score (nSPS) is 11.6. The van der Waals surface area contributed by atoms with Gasteiger partial charge in [0.2, 0.25) is 0 Å². The highest BCUT2D eigenvalue weighted by Gasteiger charge is 2.13. The maximum absolute atomic E-state index is 10.3. The van der Waals surface area contributed by atoms with Gasteiger partial charge in [0.1, 0.15) is 11.5 Å². The molecule has 0 aliphatic carbocycles. The minimum absolute atomic E-state index is 0.157. The van der Waals surface area contributed by atoms with Crippen molar-refractivity contribution >= 4 is 23.8 Å². The fourth-order valence-electron chi connectivity index (χ4n) is 5.99. The number of aliphatic imine (C=N–C) groups is 2. The van der Waals surface area contributed by atoms with Crippen molar-refractivity contribution in [2.45, 2.75) is 142 Å². The standard InChI is InChI=1S/C44H64N2O4/c1-3-5-7-9-11-13-15-17-19-25-31-49-43-33-39(45-35-37-27-21-23-29-41(37)47)40(46-36-38-28-22-24-30-42(38)48)34-44(43)50-32-26-20-18-16-14-12-10-8-6-4-2/h21-24,27-30,33-36,47-48H,3-20,25-26,31-32H2,1-2H3. The van der Waals surface area contributed by atoms with Gasteiger partial charge in [-0.25, -0.2) is 0 Å². The molecular weight excluding hydrogens is 620 g/mol. The van der Waals surface area contributed by atoms with Gasteiger partial charge in [0.15, 0.2) is 11.5 Å². The first-order valence-electron chi connectivity index (χ1n) is 19.7. The van der Waals surface area contributed by atoms with Crippen LogP contribution >= 0.6 is 0 Å². The molecule has 0 saturated heterocycles. The van der Waals surface area contributed by atoms with E-state index in [9.17, 15) is 10.2 Å². The van der Waals surface area contributed by atoms with E-state index >= 15 is 0 Å². The molecule has 0 saturated carbocycles. The topological polar surface area (TPSA) is 83.6 Å². The van der Waals surface area contributed by atoms with E-state index in [1.54, 1.807) is 36.7 Å². The largest absolute Gasteiger partial charge is 0.507 e. The molecule has 0 atom stereocenters. The Bertz CT molecular complexity index is 1280. The molecule has 3 aromatic rings. The van der Waals surface area contributed by atoms with Gasteiger partial charge < -0.3 is 19.7 Å². The van der Waals surface area contributed by atoms with Gasteiger partial charge in [-0.15, -0.1) is 0 Å². The lowest BCUT2D eigenvalue weighted by molar-refractivity contribution is 0.258. The Morgan fingerprint density at radius 2 is 0.780 bits per heavy atom. The molecule has 0 aromatic heterocycles. The van der Waals surface area contributed by atoms with Crippen molar-refractivity contribution in [3.63, 3.8) is 0 Å². The van der Waals surface area contributed by atoms with E-state index in [0.29, 0.717) is 47.2 Å². The smallest absolute Gasteiger partial charge is 0.163 e. The van der Waals surface area contributed by atoms with Gasteiger partial charge in [0.05, 0.1) is 24.6 Å². The first-order chi connectivity index (χ1) is 24.6. The lowest BCUT2D eigenvalue weighted by atomic mass is 10.1. The SMILES string of the molecule is CCCCCCCCCCCCOc1cc(N=Cc2ccccc2O)c(N=Cc2ccccc2O)cc1OCCCCCCCCCCCC. The first kappa shape index (κ1) is 40.6. The molecule has 0 unspecified atom stereocenters. The molecule has 0 radical (unpaired) electrons. The van der Waals surface area contributed by atoms with Gasteiger partial charge in [-0.1, -0.05) is 154 Å². The monoisotopic (exact) mass is 684 g/mol. The molecule has 0 heterocycles. The summed E-state index contributed by atoms with van der Waals surface area (Å²) < 4.78 is 12.7. The Morgan fingerprint density at radius 1 is 0.460 bits per heavy atom. The predicted molar refractivity (Wildman–Crippen MR) is 212 cm³/mol. The van der Waals surface area contributed by atoms with Crippen LogP contribution in [0, 0.1) is 0 Å². The van der Waals surface area contributed by atoms with Crippen molar-refractivity contribution in [2.24, 2.45) is 9.98 Å². The average molecular weight is 685 g/mol. The highest BCUT2D eigenvalue weighted by molar-refractivity contribution is 5.90. The number of ether oxygens (including phenoxy) is 2. The third-order valence-electron chi connectivity index (χ3n) is 9.11. The number of nitrogens with zero attached hydrogens (tertiary/aromatic N) is 2. The van der Waals surface area contributed by atoms with Crippen molar-refractivity contribution in [3.8, 4) is 23.0 Å². The van der Waals surface area contributed by atoms with E-state index in [0.717, 1.165) is 25.7 Å². The van der Waals surface area contributed by atoms with Gasteiger partial charge >= 0.3 is 0 Å². The molecule has 6 nitrogen and oxygen atoms in total. The summed E-state index contributed by atoms with van der Waals surface area (Å²) in [6.07, 6.45) is 28.7. The van der Waals surface area contributed by atoms with Gasteiger partial charge in [-0.05, 0) is 37.1 Å². The van der Waals surface area contributed by atoms with Crippen LogP contribution in [0.2, 0.25) is 0 Å². The molecule has 0 amide bonds. The third-order valence-corrected chi connectivity index (χ3v) is 9.11. The van der Waals surface area contributed by atoms with Crippen LogP contribution in [-0.4, -0.2) is 35.9 Å². The summed E-state index contributed by atoms with van der Waals surface area (Å²) >= 11 is 0. The number of rotatable bonds is 28. The molecule has 6 heteroatoms. The fraction of sp³-hybridized carbons (Fsp3) is 0.545. The summed E-state index contributed by atoms with van der Waals surface area (Å²) in [6.45, 7) is 5.74. The van der Waals surface area contributed by atoms with Gasteiger partial charge in [0.25, 0.3) is 0 Å². The Labute approximate surface area is 303 Å². The zero-order chi connectivity index (χ0) is 35.5. The number of benzene rings is 3. The summed E-state index contributed by atoms with van der Waals surface area (Å²) in [7, 11) is 0. The van der Waals surface area contributed by atoms with Crippen molar-refractivity contribution in [3.05, 3.63) is 71.8 Å². The molecule has 3 aromatic carbocycles. The van der Waals surface area contributed by atoms with Gasteiger partial charge in [-0.2, -0.15) is 0 Å². The summed E-state index contributed by atoms with van der Waals surface area (Å²) in [5.41, 5.74) is 2.39. The van der Waals surface area contributed by atoms with Crippen molar-refractivity contribution < 1.29 is 19.7 Å². The number of phenols is 2. The second-order valence-electron chi connectivity index (χ2n) is 13.5. The average Bonchev–Trinajstić information content (AvgIpc) is 3.13. The Morgan fingerprint density at radius 3 is 1.12 bits per heavy atom. The maximum atomic E-state index is 10.3. The van der Waals surface area contributed by atoms with Crippen molar-refractivity contribution in [1.82, 2.24) is 0 Å². The third kappa shape index (κ3) is 16.7. The van der Waals surface area contributed by atoms with Gasteiger partial charge in [-0.3, -0.25) is 9.98 Å². The van der Waals surface area contributed by atoms with Crippen molar-refractivity contribution in [1.29, 1.82) is 0 Å². The number of para-hydroxylation sites is 2. The Hall–Kier alpha value is -3.80. The molecule has 0 fully saturated rings. The maximum Gasteiger partial charge on any atom is 0.163 e.